The number of amides is 1. The number of hydrogen-bond donors (Lipinski definition) is 1. The van der Waals surface area contributed by atoms with Gasteiger partial charge in [-0.1, -0.05) is 26.0 Å². The SMILES string of the molecule is COC(=O)[C@@H](CC(C)C)NC(=O)COC(=O)c1ccccc1C(F)(F)F. The molecule has 0 bridgehead atoms. The minimum absolute atomic E-state index is 0.0700. The predicted molar refractivity (Wildman–Crippen MR) is 85.1 cm³/mol. The number of methoxy groups -OCH3 is 1. The van der Waals surface area contributed by atoms with Crippen LogP contribution in [0.25, 0.3) is 0 Å². The van der Waals surface area contributed by atoms with E-state index in [1.54, 1.807) is 0 Å². The molecule has 144 valence electrons. The summed E-state index contributed by atoms with van der Waals surface area (Å²) in [5.74, 6) is -2.70. The minimum Gasteiger partial charge on any atom is -0.467 e. The standard InChI is InChI=1S/C17H20F3NO5/c1-10(2)8-13(16(24)25-3)21-14(22)9-26-15(23)11-6-4-5-7-12(11)17(18,19)20/h4-7,10,13H,8-9H2,1-3H3,(H,21,22)/t13-/m1/s1. The van der Waals surface area contributed by atoms with Crippen LogP contribution < -0.4 is 5.32 Å². The monoisotopic (exact) mass is 375 g/mol. The van der Waals surface area contributed by atoms with Crippen LogP contribution in [0, 0.1) is 5.92 Å². The molecule has 1 amide bonds. The molecule has 0 saturated carbocycles. The van der Waals surface area contributed by atoms with E-state index in [4.69, 9.17) is 0 Å². The summed E-state index contributed by atoms with van der Waals surface area (Å²) in [5, 5.41) is 2.34. The second-order valence-electron chi connectivity index (χ2n) is 5.89. The molecule has 1 rings (SSSR count). The highest BCUT2D eigenvalue weighted by molar-refractivity contribution is 5.93. The Bertz CT molecular complexity index is 658. The van der Waals surface area contributed by atoms with E-state index in [1.807, 2.05) is 13.8 Å². The molecule has 26 heavy (non-hydrogen) atoms. The van der Waals surface area contributed by atoms with Crippen LogP contribution in [0.4, 0.5) is 13.2 Å². The van der Waals surface area contributed by atoms with Crippen molar-refractivity contribution in [1.82, 2.24) is 5.32 Å². The van der Waals surface area contributed by atoms with Crippen LogP contribution in [0.15, 0.2) is 24.3 Å². The van der Waals surface area contributed by atoms with Crippen LogP contribution in [-0.2, 0) is 25.2 Å². The first-order chi connectivity index (χ1) is 12.1. The van der Waals surface area contributed by atoms with E-state index < -0.39 is 47.8 Å². The zero-order valence-corrected chi connectivity index (χ0v) is 14.6. The summed E-state index contributed by atoms with van der Waals surface area (Å²) in [6.45, 7) is 2.84. The van der Waals surface area contributed by atoms with E-state index in [1.165, 1.54) is 6.07 Å². The van der Waals surface area contributed by atoms with Gasteiger partial charge in [-0.2, -0.15) is 13.2 Å². The number of benzene rings is 1. The van der Waals surface area contributed by atoms with Gasteiger partial charge in [0, 0.05) is 0 Å². The molecule has 9 heteroatoms. The second kappa shape index (κ2) is 9.21. The van der Waals surface area contributed by atoms with Crippen molar-refractivity contribution in [2.45, 2.75) is 32.5 Å². The van der Waals surface area contributed by atoms with Gasteiger partial charge in [0.1, 0.15) is 6.04 Å². The quantitative estimate of drug-likeness (QED) is 0.741. The molecule has 0 saturated heterocycles. The average molecular weight is 375 g/mol. The van der Waals surface area contributed by atoms with Crippen LogP contribution in [-0.4, -0.2) is 37.6 Å². The summed E-state index contributed by atoms with van der Waals surface area (Å²) in [6, 6.07) is 3.15. The van der Waals surface area contributed by atoms with E-state index in [0.717, 1.165) is 25.3 Å². The Balaban J connectivity index is 2.73. The Hall–Kier alpha value is -2.58. The second-order valence-corrected chi connectivity index (χ2v) is 5.89. The number of halogens is 3. The van der Waals surface area contributed by atoms with E-state index in [-0.39, 0.29) is 5.92 Å². The maximum absolute atomic E-state index is 12.9. The first-order valence-electron chi connectivity index (χ1n) is 7.76. The number of hydrogen-bond acceptors (Lipinski definition) is 5. The Morgan fingerprint density at radius 1 is 1.15 bits per heavy atom. The Kier molecular flexibility index (Phi) is 7.60. The molecule has 1 aromatic carbocycles. The maximum atomic E-state index is 12.9. The van der Waals surface area contributed by atoms with Crippen molar-refractivity contribution in [1.29, 1.82) is 0 Å². The van der Waals surface area contributed by atoms with Gasteiger partial charge in [0.05, 0.1) is 18.2 Å². The molecule has 0 aliphatic heterocycles. The smallest absolute Gasteiger partial charge is 0.417 e. The third-order valence-electron chi connectivity index (χ3n) is 3.31. The summed E-state index contributed by atoms with van der Waals surface area (Å²) in [7, 11) is 1.16. The first-order valence-corrected chi connectivity index (χ1v) is 7.76. The fourth-order valence-corrected chi connectivity index (χ4v) is 2.18. The van der Waals surface area contributed by atoms with Crippen molar-refractivity contribution < 1.29 is 37.0 Å². The molecule has 0 aliphatic carbocycles. The van der Waals surface area contributed by atoms with Crippen LogP contribution in [0.2, 0.25) is 0 Å². The van der Waals surface area contributed by atoms with Gasteiger partial charge in [0.2, 0.25) is 0 Å². The molecule has 0 radical (unpaired) electrons. The summed E-state index contributed by atoms with van der Waals surface area (Å²) in [6.07, 6.45) is -4.44. The number of ether oxygens (including phenoxy) is 2. The molecule has 0 aliphatic rings. The number of carbonyl (C=O) groups excluding carboxylic acids is 3. The summed E-state index contributed by atoms with van der Waals surface area (Å²) >= 11 is 0. The molecule has 0 aromatic heterocycles. The Labute approximate surface area is 148 Å². The van der Waals surface area contributed by atoms with Crippen molar-refractivity contribution >= 4 is 17.8 Å². The minimum atomic E-state index is -4.73. The van der Waals surface area contributed by atoms with Crippen LogP contribution in [0.1, 0.15) is 36.2 Å². The molecular formula is C17H20F3NO5. The zero-order valence-electron chi connectivity index (χ0n) is 14.6. The lowest BCUT2D eigenvalue weighted by molar-refractivity contribution is -0.146. The van der Waals surface area contributed by atoms with E-state index in [9.17, 15) is 27.6 Å². The number of rotatable bonds is 7. The third kappa shape index (κ3) is 6.38. The Morgan fingerprint density at radius 3 is 2.31 bits per heavy atom. The van der Waals surface area contributed by atoms with Crippen LogP contribution >= 0.6 is 0 Å². The van der Waals surface area contributed by atoms with E-state index in [2.05, 4.69) is 14.8 Å². The molecule has 0 heterocycles. The summed E-state index contributed by atoms with van der Waals surface area (Å²) < 4.78 is 47.9. The van der Waals surface area contributed by atoms with Crippen molar-refractivity contribution in [3.63, 3.8) is 0 Å². The molecule has 0 fully saturated rings. The average Bonchev–Trinajstić information content (AvgIpc) is 2.57. The van der Waals surface area contributed by atoms with Crippen LogP contribution in [0.3, 0.4) is 0 Å². The van der Waals surface area contributed by atoms with Crippen LogP contribution in [0.5, 0.6) is 0 Å². The lowest BCUT2D eigenvalue weighted by atomic mass is 10.0. The molecule has 0 spiro atoms. The predicted octanol–water partition coefficient (Wildman–Crippen LogP) is 2.57. The van der Waals surface area contributed by atoms with Gasteiger partial charge in [-0.05, 0) is 24.5 Å². The Morgan fingerprint density at radius 2 is 1.77 bits per heavy atom. The fraction of sp³-hybridized carbons (Fsp3) is 0.471. The number of alkyl halides is 3. The number of esters is 2. The molecule has 6 nitrogen and oxygen atoms in total. The number of nitrogens with one attached hydrogen (secondary N) is 1. The number of carbonyl (C=O) groups is 3. The highest BCUT2D eigenvalue weighted by Crippen LogP contribution is 2.32. The van der Waals surface area contributed by atoms with Gasteiger partial charge in [-0.3, -0.25) is 4.79 Å². The molecule has 1 atom stereocenters. The highest BCUT2D eigenvalue weighted by atomic mass is 19.4. The van der Waals surface area contributed by atoms with Crippen molar-refractivity contribution in [2.75, 3.05) is 13.7 Å². The molecule has 0 unspecified atom stereocenters. The maximum Gasteiger partial charge on any atom is 0.417 e. The lowest BCUT2D eigenvalue weighted by Gasteiger charge is -2.18. The highest BCUT2D eigenvalue weighted by Gasteiger charge is 2.35. The fourth-order valence-electron chi connectivity index (χ4n) is 2.18. The molecular weight excluding hydrogens is 355 g/mol. The van der Waals surface area contributed by atoms with Gasteiger partial charge in [0.25, 0.3) is 5.91 Å². The molecule has 1 N–H and O–H groups in total. The lowest BCUT2D eigenvalue weighted by Crippen LogP contribution is -2.44. The van der Waals surface area contributed by atoms with Crippen molar-refractivity contribution in [2.24, 2.45) is 5.92 Å². The third-order valence-corrected chi connectivity index (χ3v) is 3.31. The van der Waals surface area contributed by atoms with Gasteiger partial charge in [-0.15, -0.1) is 0 Å². The van der Waals surface area contributed by atoms with E-state index in [0.29, 0.717) is 6.42 Å². The normalized spacial score (nSPS) is 12.4. The first kappa shape index (κ1) is 21.5. The summed E-state index contributed by atoms with van der Waals surface area (Å²) in [4.78, 5) is 35.4. The topological polar surface area (TPSA) is 81.7 Å². The zero-order chi connectivity index (χ0) is 19.9. The molecule has 1 aromatic rings. The largest absolute Gasteiger partial charge is 0.467 e. The van der Waals surface area contributed by atoms with Gasteiger partial charge < -0.3 is 14.8 Å². The van der Waals surface area contributed by atoms with Crippen molar-refractivity contribution in [3.8, 4) is 0 Å². The summed E-state index contributed by atoms with van der Waals surface area (Å²) in [5.41, 5.74) is -1.85. The van der Waals surface area contributed by atoms with Crippen molar-refractivity contribution in [3.05, 3.63) is 35.4 Å². The van der Waals surface area contributed by atoms with Gasteiger partial charge in [-0.25, -0.2) is 9.59 Å². The van der Waals surface area contributed by atoms with Gasteiger partial charge >= 0.3 is 18.1 Å². The van der Waals surface area contributed by atoms with Gasteiger partial charge in [0.15, 0.2) is 6.61 Å². The van der Waals surface area contributed by atoms with E-state index >= 15 is 0 Å².